The summed E-state index contributed by atoms with van der Waals surface area (Å²) in [7, 11) is 0. The molecule has 1 atom stereocenters. The molecular formula is C14H17NO. The Hall–Kier alpha value is -1.75. The molecule has 0 aliphatic heterocycles. The first-order valence-corrected chi connectivity index (χ1v) is 5.49. The molecule has 2 nitrogen and oxygen atoms in total. The van der Waals surface area contributed by atoms with E-state index in [2.05, 4.69) is 11.2 Å². The van der Waals surface area contributed by atoms with Crippen molar-refractivity contribution in [3.05, 3.63) is 35.4 Å². The van der Waals surface area contributed by atoms with Gasteiger partial charge in [0.05, 0.1) is 0 Å². The van der Waals surface area contributed by atoms with E-state index in [9.17, 15) is 4.79 Å². The average Bonchev–Trinajstić information content (AvgIpc) is 2.28. The minimum atomic E-state index is -0.0415. The van der Waals surface area contributed by atoms with Crippen LogP contribution >= 0.6 is 0 Å². The summed E-state index contributed by atoms with van der Waals surface area (Å²) in [5.74, 6) is 2.53. The Balaban J connectivity index is 2.73. The highest BCUT2D eigenvalue weighted by Crippen LogP contribution is 2.08. The number of hydrogen-bond acceptors (Lipinski definition) is 1. The van der Waals surface area contributed by atoms with Crippen LogP contribution in [0.3, 0.4) is 0 Å². The Kier molecular flexibility index (Phi) is 4.60. The zero-order valence-electron chi connectivity index (χ0n) is 9.79. The molecule has 2 heteroatoms. The first kappa shape index (κ1) is 12.3. The maximum Gasteiger partial charge on any atom is 0.251 e. The second kappa shape index (κ2) is 5.97. The van der Waals surface area contributed by atoms with Gasteiger partial charge in [-0.25, -0.2) is 0 Å². The summed E-state index contributed by atoms with van der Waals surface area (Å²) in [5.41, 5.74) is 1.70. The van der Waals surface area contributed by atoms with Crippen LogP contribution in [0.25, 0.3) is 0 Å². The number of carbonyl (C=O) groups excluding carboxylic acids is 1. The van der Waals surface area contributed by atoms with E-state index in [-0.39, 0.29) is 11.9 Å². The molecule has 0 radical (unpaired) electrons. The normalized spacial score (nSPS) is 11.6. The number of amides is 1. The predicted molar refractivity (Wildman–Crippen MR) is 66.2 cm³/mol. The van der Waals surface area contributed by atoms with Crippen molar-refractivity contribution in [3.8, 4) is 12.3 Å². The van der Waals surface area contributed by atoms with Crippen LogP contribution in [0.15, 0.2) is 24.3 Å². The molecule has 0 aromatic heterocycles. The van der Waals surface area contributed by atoms with E-state index in [0.29, 0.717) is 6.42 Å². The summed E-state index contributed by atoms with van der Waals surface area (Å²) in [5, 5.41) is 2.94. The summed E-state index contributed by atoms with van der Waals surface area (Å²) in [6.07, 6.45) is 6.67. The Morgan fingerprint density at radius 2 is 2.19 bits per heavy atom. The van der Waals surface area contributed by atoms with E-state index >= 15 is 0 Å². The lowest BCUT2D eigenvalue weighted by atomic mass is 10.1. The van der Waals surface area contributed by atoms with Crippen LogP contribution < -0.4 is 5.32 Å². The zero-order chi connectivity index (χ0) is 12.0. The molecule has 0 heterocycles. The van der Waals surface area contributed by atoms with Crippen molar-refractivity contribution in [2.45, 2.75) is 32.7 Å². The van der Waals surface area contributed by atoms with E-state index in [1.807, 2.05) is 38.1 Å². The standard InChI is InChI=1S/C14H17NO/c1-4-8-12(5-2)15-14(16)13-10-7-6-9-11(13)3/h1,6-7,9-10,12H,5,8H2,2-3H3,(H,15,16). The lowest BCUT2D eigenvalue weighted by Gasteiger charge is -2.15. The molecule has 1 N–H and O–H groups in total. The van der Waals surface area contributed by atoms with E-state index < -0.39 is 0 Å². The molecule has 0 spiro atoms. The van der Waals surface area contributed by atoms with Gasteiger partial charge < -0.3 is 5.32 Å². The zero-order valence-corrected chi connectivity index (χ0v) is 9.79. The Morgan fingerprint density at radius 1 is 1.50 bits per heavy atom. The minimum Gasteiger partial charge on any atom is -0.348 e. The third kappa shape index (κ3) is 3.13. The maximum absolute atomic E-state index is 11.9. The van der Waals surface area contributed by atoms with Crippen LogP contribution in [-0.4, -0.2) is 11.9 Å². The molecule has 0 fully saturated rings. The van der Waals surface area contributed by atoms with Crippen molar-refractivity contribution in [2.75, 3.05) is 0 Å². The van der Waals surface area contributed by atoms with Gasteiger partial charge in [0.1, 0.15) is 0 Å². The molecule has 0 bridgehead atoms. The number of carbonyl (C=O) groups is 1. The lowest BCUT2D eigenvalue weighted by Crippen LogP contribution is -2.34. The fraction of sp³-hybridized carbons (Fsp3) is 0.357. The van der Waals surface area contributed by atoms with Gasteiger partial charge in [-0.15, -0.1) is 12.3 Å². The van der Waals surface area contributed by atoms with E-state index in [1.165, 1.54) is 0 Å². The first-order chi connectivity index (χ1) is 7.69. The Bertz CT molecular complexity index is 403. The molecule has 1 rings (SSSR count). The fourth-order valence-corrected chi connectivity index (χ4v) is 1.53. The molecule has 0 saturated heterocycles. The molecule has 1 unspecified atom stereocenters. The summed E-state index contributed by atoms with van der Waals surface area (Å²) in [6.45, 7) is 3.94. The molecule has 1 amide bonds. The summed E-state index contributed by atoms with van der Waals surface area (Å²) in [4.78, 5) is 11.9. The minimum absolute atomic E-state index is 0.0415. The van der Waals surface area contributed by atoms with E-state index in [1.54, 1.807) is 0 Å². The van der Waals surface area contributed by atoms with Crippen LogP contribution in [0.5, 0.6) is 0 Å². The monoisotopic (exact) mass is 215 g/mol. The van der Waals surface area contributed by atoms with Crippen molar-refractivity contribution < 1.29 is 4.79 Å². The molecule has 1 aromatic rings. The summed E-state index contributed by atoms with van der Waals surface area (Å²) < 4.78 is 0. The number of hydrogen-bond donors (Lipinski definition) is 1. The summed E-state index contributed by atoms with van der Waals surface area (Å²) in [6, 6.07) is 7.61. The number of rotatable bonds is 4. The number of terminal acetylenes is 1. The predicted octanol–water partition coefficient (Wildman–Crippen LogP) is 2.53. The topological polar surface area (TPSA) is 29.1 Å². The van der Waals surface area contributed by atoms with Crippen LogP contribution in [0.4, 0.5) is 0 Å². The van der Waals surface area contributed by atoms with Gasteiger partial charge in [0, 0.05) is 18.0 Å². The van der Waals surface area contributed by atoms with Gasteiger partial charge in [-0.1, -0.05) is 25.1 Å². The SMILES string of the molecule is C#CCC(CC)NC(=O)c1ccccc1C. The second-order valence-corrected chi connectivity index (χ2v) is 3.80. The van der Waals surface area contributed by atoms with Crippen molar-refractivity contribution in [3.63, 3.8) is 0 Å². The van der Waals surface area contributed by atoms with E-state index in [0.717, 1.165) is 17.5 Å². The van der Waals surface area contributed by atoms with Crippen molar-refractivity contribution >= 4 is 5.91 Å². The molecule has 1 aromatic carbocycles. The van der Waals surface area contributed by atoms with Gasteiger partial charge in [0.15, 0.2) is 0 Å². The molecule has 0 aliphatic rings. The van der Waals surface area contributed by atoms with Crippen LogP contribution in [-0.2, 0) is 0 Å². The number of aryl methyl sites for hydroxylation is 1. The lowest BCUT2D eigenvalue weighted by molar-refractivity contribution is 0.0936. The molecule has 16 heavy (non-hydrogen) atoms. The molecule has 0 saturated carbocycles. The van der Waals surface area contributed by atoms with Crippen molar-refractivity contribution in [1.82, 2.24) is 5.32 Å². The highest BCUT2D eigenvalue weighted by molar-refractivity contribution is 5.95. The maximum atomic E-state index is 11.9. The quantitative estimate of drug-likeness (QED) is 0.768. The van der Waals surface area contributed by atoms with Crippen LogP contribution in [0, 0.1) is 19.3 Å². The third-order valence-corrected chi connectivity index (χ3v) is 2.58. The highest BCUT2D eigenvalue weighted by atomic mass is 16.1. The van der Waals surface area contributed by atoms with Crippen molar-refractivity contribution in [2.24, 2.45) is 0 Å². The Labute approximate surface area is 97.1 Å². The average molecular weight is 215 g/mol. The van der Waals surface area contributed by atoms with Crippen LogP contribution in [0.2, 0.25) is 0 Å². The molecular weight excluding hydrogens is 198 g/mol. The first-order valence-electron chi connectivity index (χ1n) is 5.49. The molecule has 0 aliphatic carbocycles. The van der Waals surface area contributed by atoms with E-state index in [4.69, 9.17) is 6.42 Å². The third-order valence-electron chi connectivity index (χ3n) is 2.58. The van der Waals surface area contributed by atoms with Gasteiger partial charge in [-0.2, -0.15) is 0 Å². The van der Waals surface area contributed by atoms with Crippen LogP contribution in [0.1, 0.15) is 35.7 Å². The Morgan fingerprint density at radius 3 is 2.75 bits per heavy atom. The highest BCUT2D eigenvalue weighted by Gasteiger charge is 2.12. The smallest absolute Gasteiger partial charge is 0.251 e. The fourth-order valence-electron chi connectivity index (χ4n) is 1.53. The van der Waals surface area contributed by atoms with Crippen molar-refractivity contribution in [1.29, 1.82) is 0 Å². The number of nitrogens with one attached hydrogen (secondary N) is 1. The summed E-state index contributed by atoms with van der Waals surface area (Å²) >= 11 is 0. The van der Waals surface area contributed by atoms with Gasteiger partial charge in [-0.3, -0.25) is 4.79 Å². The van der Waals surface area contributed by atoms with Gasteiger partial charge in [0.2, 0.25) is 0 Å². The largest absolute Gasteiger partial charge is 0.348 e. The van der Waals surface area contributed by atoms with Gasteiger partial charge in [-0.05, 0) is 25.0 Å². The second-order valence-electron chi connectivity index (χ2n) is 3.80. The molecule has 84 valence electrons. The number of benzene rings is 1. The van der Waals surface area contributed by atoms with Gasteiger partial charge in [0.25, 0.3) is 5.91 Å². The van der Waals surface area contributed by atoms with Gasteiger partial charge >= 0.3 is 0 Å².